The van der Waals surface area contributed by atoms with Gasteiger partial charge in [-0.3, -0.25) is 4.31 Å². The number of nitrogens with zero attached hydrogens (tertiary/aromatic N) is 2. The number of hydrogen-bond donors (Lipinski definition) is 1. The summed E-state index contributed by atoms with van der Waals surface area (Å²) in [5, 5.41) is 8.91. The van der Waals surface area contributed by atoms with Gasteiger partial charge in [0.15, 0.2) is 0 Å². The van der Waals surface area contributed by atoms with E-state index in [2.05, 4.69) is 4.98 Å². The number of hydrogen-bond acceptors (Lipinski definition) is 4. The zero-order chi connectivity index (χ0) is 14.8. The molecule has 1 aromatic heterocycles. The topological polar surface area (TPSA) is 87.6 Å². The molecule has 0 radical (unpaired) electrons. The first kappa shape index (κ1) is 14.0. The predicted molar refractivity (Wildman–Crippen MR) is 73.2 cm³/mol. The molecule has 1 heterocycles. The molecule has 20 heavy (non-hydrogen) atoms. The molecular weight excluding hydrogens is 280 g/mol. The molecule has 0 fully saturated rings. The molecular formula is C13H12N2O4S. The first-order valence-electron chi connectivity index (χ1n) is 5.66. The number of pyridine rings is 1. The fourth-order valence-electron chi connectivity index (χ4n) is 1.61. The summed E-state index contributed by atoms with van der Waals surface area (Å²) in [5.41, 5.74) is -0.0829. The maximum absolute atomic E-state index is 12.4. The van der Waals surface area contributed by atoms with Crippen LogP contribution in [0.4, 0.5) is 5.82 Å². The van der Waals surface area contributed by atoms with Crippen molar-refractivity contribution in [3.05, 3.63) is 54.2 Å². The van der Waals surface area contributed by atoms with Crippen LogP contribution in [0, 0.1) is 0 Å². The summed E-state index contributed by atoms with van der Waals surface area (Å²) in [4.78, 5) is 14.8. The van der Waals surface area contributed by atoms with Gasteiger partial charge >= 0.3 is 5.97 Å². The average Bonchev–Trinajstić information content (AvgIpc) is 2.47. The lowest BCUT2D eigenvalue weighted by atomic mass is 10.2. The predicted octanol–water partition coefficient (Wildman–Crippen LogP) is 1.60. The van der Waals surface area contributed by atoms with Gasteiger partial charge in [-0.05, 0) is 30.3 Å². The zero-order valence-corrected chi connectivity index (χ0v) is 11.4. The van der Waals surface area contributed by atoms with Crippen LogP contribution in [0.5, 0.6) is 0 Å². The number of aromatic carboxylic acids is 1. The summed E-state index contributed by atoms with van der Waals surface area (Å²) in [7, 11) is -2.47. The Balaban J connectivity index is 2.45. The minimum absolute atomic E-state index is 0.0829. The molecule has 2 rings (SSSR count). The molecule has 0 saturated carbocycles. The molecule has 0 atom stereocenters. The Hall–Kier alpha value is -2.41. The van der Waals surface area contributed by atoms with Gasteiger partial charge in [-0.15, -0.1) is 0 Å². The van der Waals surface area contributed by atoms with Crippen LogP contribution < -0.4 is 4.31 Å². The van der Waals surface area contributed by atoms with Gasteiger partial charge in [0.1, 0.15) is 5.82 Å². The molecule has 1 N–H and O–H groups in total. The Bertz CT molecular complexity index is 729. The van der Waals surface area contributed by atoms with Gasteiger partial charge in [0.2, 0.25) is 0 Å². The fraction of sp³-hybridized carbons (Fsp3) is 0.0769. The Morgan fingerprint density at radius 1 is 1.20 bits per heavy atom. The number of benzene rings is 1. The van der Waals surface area contributed by atoms with Crippen LogP contribution in [0.15, 0.2) is 53.6 Å². The quantitative estimate of drug-likeness (QED) is 0.925. The van der Waals surface area contributed by atoms with Gasteiger partial charge in [0, 0.05) is 13.2 Å². The molecule has 1 aromatic carbocycles. The third kappa shape index (κ3) is 2.62. The molecule has 0 saturated heterocycles. The highest BCUT2D eigenvalue weighted by Gasteiger charge is 2.22. The van der Waals surface area contributed by atoms with E-state index in [1.54, 1.807) is 18.2 Å². The number of carboxylic acids is 1. The van der Waals surface area contributed by atoms with Crippen molar-refractivity contribution < 1.29 is 18.3 Å². The second-order valence-corrected chi connectivity index (χ2v) is 5.96. The molecule has 0 amide bonds. The number of rotatable bonds is 4. The Kier molecular flexibility index (Phi) is 3.71. The van der Waals surface area contributed by atoms with Crippen LogP contribution >= 0.6 is 0 Å². The van der Waals surface area contributed by atoms with Gasteiger partial charge in [-0.2, -0.15) is 0 Å². The maximum atomic E-state index is 12.4. The number of carbonyl (C=O) groups is 1. The lowest BCUT2D eigenvalue weighted by Gasteiger charge is -2.18. The van der Waals surface area contributed by atoms with E-state index in [-0.39, 0.29) is 16.3 Å². The van der Waals surface area contributed by atoms with Gasteiger partial charge in [-0.1, -0.05) is 12.1 Å². The highest BCUT2D eigenvalue weighted by Crippen LogP contribution is 2.20. The molecule has 6 nitrogen and oxygen atoms in total. The number of aromatic nitrogens is 1. The lowest BCUT2D eigenvalue weighted by molar-refractivity contribution is 0.0696. The molecule has 2 aromatic rings. The van der Waals surface area contributed by atoms with E-state index < -0.39 is 16.0 Å². The fourth-order valence-corrected chi connectivity index (χ4v) is 2.81. The molecule has 104 valence electrons. The van der Waals surface area contributed by atoms with E-state index >= 15 is 0 Å². The molecule has 0 aliphatic carbocycles. The summed E-state index contributed by atoms with van der Waals surface area (Å²) >= 11 is 0. The van der Waals surface area contributed by atoms with Crippen molar-refractivity contribution >= 4 is 21.8 Å². The van der Waals surface area contributed by atoms with Crippen molar-refractivity contribution in [2.75, 3.05) is 11.4 Å². The van der Waals surface area contributed by atoms with Crippen molar-refractivity contribution in [1.82, 2.24) is 4.98 Å². The Morgan fingerprint density at radius 2 is 1.95 bits per heavy atom. The molecule has 0 spiro atoms. The van der Waals surface area contributed by atoms with Crippen molar-refractivity contribution in [3.8, 4) is 0 Å². The van der Waals surface area contributed by atoms with Crippen LogP contribution in [0.3, 0.4) is 0 Å². The molecule has 7 heteroatoms. The minimum atomic E-state index is -3.84. The number of anilines is 1. The summed E-state index contributed by atoms with van der Waals surface area (Å²) < 4.78 is 25.8. The van der Waals surface area contributed by atoms with Crippen molar-refractivity contribution in [2.45, 2.75) is 4.90 Å². The number of carboxylic acid groups (broad SMARTS) is 1. The van der Waals surface area contributed by atoms with Crippen molar-refractivity contribution in [2.24, 2.45) is 0 Å². The van der Waals surface area contributed by atoms with Gasteiger partial charge in [-0.25, -0.2) is 18.2 Å². The van der Waals surface area contributed by atoms with Crippen molar-refractivity contribution in [3.63, 3.8) is 0 Å². The summed E-state index contributed by atoms with van der Waals surface area (Å²) in [5.74, 6) is -0.921. The highest BCUT2D eigenvalue weighted by molar-refractivity contribution is 7.92. The first-order chi connectivity index (χ1) is 9.43. The number of sulfonamides is 1. The van der Waals surface area contributed by atoms with E-state index in [1.165, 1.54) is 31.4 Å². The van der Waals surface area contributed by atoms with Crippen LogP contribution in [0.25, 0.3) is 0 Å². The van der Waals surface area contributed by atoms with Gasteiger partial charge in [0.05, 0.1) is 10.5 Å². The van der Waals surface area contributed by atoms with Gasteiger partial charge < -0.3 is 5.11 Å². The highest BCUT2D eigenvalue weighted by atomic mass is 32.2. The Labute approximate surface area is 116 Å². The SMILES string of the molecule is CN(c1ccccn1)S(=O)(=O)c1cccc(C(=O)O)c1. The van der Waals surface area contributed by atoms with Crippen molar-refractivity contribution in [1.29, 1.82) is 0 Å². The molecule has 0 unspecified atom stereocenters. The van der Waals surface area contributed by atoms with Crippen LogP contribution in [-0.4, -0.2) is 31.5 Å². The zero-order valence-electron chi connectivity index (χ0n) is 10.6. The standard InChI is InChI=1S/C13H12N2O4S/c1-15(12-7-2-3-8-14-12)20(18,19)11-6-4-5-10(9-11)13(16)17/h2-9H,1H3,(H,16,17). The van der Waals surface area contributed by atoms with Crippen LogP contribution in [0.1, 0.15) is 10.4 Å². The average molecular weight is 292 g/mol. The normalized spacial score (nSPS) is 11.1. The lowest BCUT2D eigenvalue weighted by Crippen LogP contribution is -2.27. The molecule has 0 aliphatic heterocycles. The van der Waals surface area contributed by atoms with Gasteiger partial charge in [0.25, 0.3) is 10.0 Å². The Morgan fingerprint density at radius 3 is 2.55 bits per heavy atom. The van der Waals surface area contributed by atoms with E-state index in [9.17, 15) is 13.2 Å². The van der Waals surface area contributed by atoms with E-state index in [1.807, 2.05) is 0 Å². The van der Waals surface area contributed by atoms with E-state index in [0.717, 1.165) is 10.4 Å². The smallest absolute Gasteiger partial charge is 0.335 e. The second-order valence-electron chi connectivity index (χ2n) is 3.99. The summed E-state index contributed by atoms with van der Waals surface area (Å²) in [6.45, 7) is 0. The molecule has 0 aliphatic rings. The van der Waals surface area contributed by atoms with E-state index in [4.69, 9.17) is 5.11 Å². The summed E-state index contributed by atoms with van der Waals surface area (Å²) in [6.07, 6.45) is 1.48. The molecule has 0 bridgehead atoms. The largest absolute Gasteiger partial charge is 0.478 e. The van der Waals surface area contributed by atoms with E-state index in [0.29, 0.717) is 0 Å². The minimum Gasteiger partial charge on any atom is -0.478 e. The monoisotopic (exact) mass is 292 g/mol. The third-order valence-electron chi connectivity index (χ3n) is 2.71. The second kappa shape index (κ2) is 5.30. The third-order valence-corrected chi connectivity index (χ3v) is 4.47. The summed E-state index contributed by atoms with van der Waals surface area (Å²) in [6, 6.07) is 10.1. The van der Waals surface area contributed by atoms with Crippen LogP contribution in [0.2, 0.25) is 0 Å². The first-order valence-corrected chi connectivity index (χ1v) is 7.10. The van der Waals surface area contributed by atoms with Crippen LogP contribution in [-0.2, 0) is 10.0 Å². The maximum Gasteiger partial charge on any atom is 0.335 e.